The predicted molar refractivity (Wildman–Crippen MR) is 97.9 cm³/mol. The Bertz CT molecular complexity index is 920. The van der Waals surface area contributed by atoms with Gasteiger partial charge in [-0.25, -0.2) is 17.5 Å². The van der Waals surface area contributed by atoms with Crippen LogP contribution in [0.15, 0.2) is 53.4 Å². The Balaban J connectivity index is 1.80. The van der Waals surface area contributed by atoms with Gasteiger partial charge in [0.15, 0.2) is 0 Å². The summed E-state index contributed by atoms with van der Waals surface area (Å²) in [5.74, 6) is -0.360. The average Bonchev–Trinajstić information content (AvgIpc) is 2.69. The summed E-state index contributed by atoms with van der Waals surface area (Å²) in [6.07, 6.45) is 0. The summed E-state index contributed by atoms with van der Waals surface area (Å²) in [6.45, 7) is 2.48. The minimum absolute atomic E-state index is 0.0847. The minimum atomic E-state index is -3.75. The van der Waals surface area contributed by atoms with Gasteiger partial charge in [-0.15, -0.1) is 0 Å². The van der Waals surface area contributed by atoms with Gasteiger partial charge in [0.1, 0.15) is 5.82 Å². The zero-order valence-corrected chi connectivity index (χ0v) is 15.5. The van der Waals surface area contributed by atoms with E-state index >= 15 is 0 Å². The molecular weight excluding hydrogens is 369 g/mol. The lowest BCUT2D eigenvalue weighted by molar-refractivity contribution is 0.0171. The summed E-state index contributed by atoms with van der Waals surface area (Å²) in [7, 11) is -3.75. The zero-order valence-electron chi connectivity index (χ0n) is 14.6. The second kappa shape index (κ2) is 8.59. The van der Waals surface area contributed by atoms with Crippen LogP contribution in [-0.4, -0.2) is 46.2 Å². The third kappa shape index (κ3) is 4.90. The van der Waals surface area contributed by atoms with E-state index in [-0.39, 0.29) is 23.3 Å². The minimum Gasteiger partial charge on any atom is -0.379 e. The predicted octanol–water partition coefficient (Wildman–Crippen LogP) is 2.05. The van der Waals surface area contributed by atoms with E-state index in [1.807, 2.05) is 6.07 Å². The van der Waals surface area contributed by atoms with E-state index in [9.17, 15) is 12.8 Å². The van der Waals surface area contributed by atoms with Crippen LogP contribution in [0.5, 0.6) is 0 Å². The van der Waals surface area contributed by atoms with Gasteiger partial charge in [-0.05, 0) is 42.0 Å². The van der Waals surface area contributed by atoms with Crippen LogP contribution in [0, 0.1) is 17.1 Å². The lowest BCUT2D eigenvalue weighted by Gasteiger charge is -2.34. The van der Waals surface area contributed by atoms with Gasteiger partial charge >= 0.3 is 0 Å². The van der Waals surface area contributed by atoms with Gasteiger partial charge in [0.05, 0.1) is 29.7 Å². The largest absolute Gasteiger partial charge is 0.379 e. The lowest BCUT2D eigenvalue weighted by atomic mass is 10.0. The van der Waals surface area contributed by atoms with Crippen molar-refractivity contribution in [3.05, 3.63) is 65.5 Å². The molecule has 1 heterocycles. The molecule has 6 nitrogen and oxygen atoms in total. The van der Waals surface area contributed by atoms with Crippen molar-refractivity contribution in [1.29, 1.82) is 5.26 Å². The number of sulfonamides is 1. The number of hydrogen-bond acceptors (Lipinski definition) is 5. The molecule has 1 atom stereocenters. The Morgan fingerprint density at radius 1 is 1.19 bits per heavy atom. The topological polar surface area (TPSA) is 82.4 Å². The van der Waals surface area contributed by atoms with Crippen molar-refractivity contribution in [2.24, 2.45) is 0 Å². The maximum absolute atomic E-state index is 13.7. The normalized spacial score (nSPS) is 16.6. The van der Waals surface area contributed by atoms with E-state index in [0.29, 0.717) is 37.4 Å². The number of rotatable bonds is 6. The number of benzene rings is 2. The Hall–Kier alpha value is -2.31. The van der Waals surface area contributed by atoms with Gasteiger partial charge < -0.3 is 4.74 Å². The number of morpholine rings is 1. The molecule has 0 aliphatic carbocycles. The number of nitrogens with one attached hydrogen (secondary N) is 1. The van der Waals surface area contributed by atoms with Crippen molar-refractivity contribution in [3.63, 3.8) is 0 Å². The van der Waals surface area contributed by atoms with Crippen molar-refractivity contribution in [2.75, 3.05) is 32.8 Å². The van der Waals surface area contributed by atoms with Crippen molar-refractivity contribution >= 4 is 10.0 Å². The van der Waals surface area contributed by atoms with E-state index in [4.69, 9.17) is 10.00 Å². The molecule has 2 aromatic carbocycles. The summed E-state index contributed by atoms with van der Waals surface area (Å²) in [6, 6.07) is 13.6. The highest BCUT2D eigenvalue weighted by atomic mass is 32.2. The fourth-order valence-electron chi connectivity index (χ4n) is 3.04. The number of nitriles is 1. The quantitative estimate of drug-likeness (QED) is 0.818. The Morgan fingerprint density at radius 3 is 2.52 bits per heavy atom. The fraction of sp³-hybridized carbons (Fsp3) is 0.316. The second-order valence-electron chi connectivity index (χ2n) is 6.21. The molecule has 1 aliphatic rings. The molecular formula is C19H20FN3O3S. The first-order chi connectivity index (χ1) is 13.0. The molecule has 0 amide bonds. The first-order valence-electron chi connectivity index (χ1n) is 8.57. The molecule has 0 bridgehead atoms. The van der Waals surface area contributed by atoms with Crippen molar-refractivity contribution in [2.45, 2.75) is 10.9 Å². The Labute approximate surface area is 158 Å². The summed E-state index contributed by atoms with van der Waals surface area (Å²) in [5, 5.41) is 8.84. The number of nitrogens with zero attached hydrogens (tertiary/aromatic N) is 2. The third-order valence-corrected chi connectivity index (χ3v) is 5.92. The highest BCUT2D eigenvalue weighted by Crippen LogP contribution is 2.23. The van der Waals surface area contributed by atoms with Crippen LogP contribution in [0.4, 0.5) is 4.39 Å². The molecule has 1 N–H and O–H groups in total. The van der Waals surface area contributed by atoms with E-state index in [1.54, 1.807) is 12.1 Å². The van der Waals surface area contributed by atoms with Crippen molar-refractivity contribution < 1.29 is 17.5 Å². The average molecular weight is 389 g/mol. The van der Waals surface area contributed by atoms with E-state index in [2.05, 4.69) is 9.62 Å². The number of hydrogen-bond donors (Lipinski definition) is 1. The second-order valence-corrected chi connectivity index (χ2v) is 7.97. The van der Waals surface area contributed by atoms with Gasteiger partial charge in [0, 0.05) is 25.7 Å². The van der Waals surface area contributed by atoms with E-state index in [1.165, 1.54) is 36.4 Å². The summed E-state index contributed by atoms with van der Waals surface area (Å²) >= 11 is 0. The van der Waals surface area contributed by atoms with Crippen LogP contribution in [0.3, 0.4) is 0 Å². The number of halogens is 1. The molecule has 8 heteroatoms. The van der Waals surface area contributed by atoms with Gasteiger partial charge in [0.25, 0.3) is 0 Å². The smallest absolute Gasteiger partial charge is 0.240 e. The molecule has 27 heavy (non-hydrogen) atoms. The van der Waals surface area contributed by atoms with Crippen LogP contribution in [0.1, 0.15) is 17.2 Å². The highest BCUT2D eigenvalue weighted by Gasteiger charge is 2.25. The molecule has 0 spiro atoms. The molecule has 1 aliphatic heterocycles. The first-order valence-corrected chi connectivity index (χ1v) is 10.0. The van der Waals surface area contributed by atoms with E-state index in [0.717, 1.165) is 0 Å². The van der Waals surface area contributed by atoms with Crippen molar-refractivity contribution in [1.82, 2.24) is 9.62 Å². The first kappa shape index (κ1) is 19.5. The Morgan fingerprint density at radius 2 is 1.89 bits per heavy atom. The molecule has 1 fully saturated rings. The summed E-state index contributed by atoms with van der Waals surface area (Å²) in [4.78, 5) is 2.17. The summed E-state index contributed by atoms with van der Waals surface area (Å²) < 4.78 is 46.9. The van der Waals surface area contributed by atoms with Gasteiger partial charge in [-0.3, -0.25) is 4.90 Å². The van der Waals surface area contributed by atoms with Crippen LogP contribution in [0.2, 0.25) is 0 Å². The van der Waals surface area contributed by atoms with Crippen LogP contribution in [-0.2, 0) is 14.8 Å². The number of ether oxygens (including phenoxy) is 1. The third-order valence-electron chi connectivity index (χ3n) is 4.48. The lowest BCUT2D eigenvalue weighted by Crippen LogP contribution is -2.43. The van der Waals surface area contributed by atoms with Gasteiger partial charge in [0.2, 0.25) is 10.0 Å². The maximum atomic E-state index is 13.7. The zero-order chi connectivity index (χ0) is 19.3. The monoisotopic (exact) mass is 389 g/mol. The SMILES string of the molecule is N#Cc1ccc(S(=O)(=O)NCC(c2cccc(F)c2)N2CCOCC2)cc1. The molecule has 0 aromatic heterocycles. The Kier molecular flexibility index (Phi) is 6.19. The molecule has 1 unspecified atom stereocenters. The van der Waals surface area contributed by atoms with E-state index < -0.39 is 10.0 Å². The molecule has 2 aromatic rings. The fourth-order valence-corrected chi connectivity index (χ4v) is 4.08. The molecule has 1 saturated heterocycles. The van der Waals surface area contributed by atoms with Crippen LogP contribution >= 0.6 is 0 Å². The van der Waals surface area contributed by atoms with Crippen molar-refractivity contribution in [3.8, 4) is 6.07 Å². The molecule has 0 radical (unpaired) electrons. The molecule has 3 rings (SSSR count). The standard InChI is InChI=1S/C19H20FN3O3S/c20-17-3-1-2-16(12-17)19(23-8-10-26-11-9-23)14-22-27(24,25)18-6-4-15(13-21)5-7-18/h1-7,12,19,22H,8-11,14H2. The van der Waals surface area contributed by atoms with Gasteiger partial charge in [-0.2, -0.15) is 5.26 Å². The maximum Gasteiger partial charge on any atom is 0.240 e. The van der Waals surface area contributed by atoms with Crippen LogP contribution < -0.4 is 4.72 Å². The molecule has 0 saturated carbocycles. The van der Waals surface area contributed by atoms with Gasteiger partial charge in [-0.1, -0.05) is 12.1 Å². The summed E-state index contributed by atoms with van der Waals surface area (Å²) in [5.41, 5.74) is 1.10. The molecule has 142 valence electrons. The highest BCUT2D eigenvalue weighted by molar-refractivity contribution is 7.89. The van der Waals surface area contributed by atoms with Crippen LogP contribution in [0.25, 0.3) is 0 Å².